The predicted octanol–water partition coefficient (Wildman–Crippen LogP) is 2.56. The summed E-state index contributed by atoms with van der Waals surface area (Å²) >= 11 is 0.311. The third-order valence-corrected chi connectivity index (χ3v) is 12.8. The number of sulfonamides is 1. The Morgan fingerprint density at radius 3 is 1.88 bits per heavy atom. The number of para-hydroxylation sites is 1. The molecule has 0 amide bonds. The molecule has 0 aliphatic carbocycles. The van der Waals surface area contributed by atoms with E-state index in [2.05, 4.69) is 7.05 Å². The molecular formula is C30H30F9N4O10PS2. The lowest BCUT2D eigenvalue weighted by atomic mass is 10.1. The molecule has 14 nitrogen and oxygen atoms in total. The van der Waals surface area contributed by atoms with Gasteiger partial charge in [-0.05, 0) is 24.3 Å². The highest BCUT2D eigenvalue weighted by Gasteiger charge is 2.47. The minimum absolute atomic E-state index is 0.0189. The average molecular weight is 873 g/mol. The number of rotatable bonds is 10. The van der Waals surface area contributed by atoms with Crippen LogP contribution >= 0.6 is 18.9 Å². The van der Waals surface area contributed by atoms with Gasteiger partial charge in [0, 0.05) is 10.1 Å². The summed E-state index contributed by atoms with van der Waals surface area (Å²) in [6, 6.07) is 11.8. The van der Waals surface area contributed by atoms with Gasteiger partial charge in [-0.25, -0.2) is 13.0 Å². The van der Waals surface area contributed by atoms with Crippen LogP contribution in [0.15, 0.2) is 46.7 Å². The fraction of sp³-hybridized carbons (Fsp3) is 0.433. The molecule has 1 aromatic heterocycles. The second kappa shape index (κ2) is 17.1. The molecule has 3 saturated heterocycles. The summed E-state index contributed by atoms with van der Waals surface area (Å²) in [5.41, 5.74) is -1.95. The number of benzene rings is 2. The number of aliphatic carboxylic acids is 2. The minimum Gasteiger partial charge on any atom is -0.542 e. The number of likely N-dealkylation sites (N-methyl/N-ethyl adjacent to an activating group) is 1. The number of fused-ring (bicyclic) bond motifs is 4. The first-order valence-electron chi connectivity index (χ1n) is 15.6. The normalized spacial score (nSPS) is 20.7. The Morgan fingerprint density at radius 2 is 1.43 bits per heavy atom. The van der Waals surface area contributed by atoms with Crippen molar-refractivity contribution in [1.29, 1.82) is 5.26 Å². The van der Waals surface area contributed by atoms with Crippen LogP contribution in [0.4, 0.5) is 39.5 Å². The number of nitrogens with zero attached hydrogens (tertiary/aromatic N) is 3. The van der Waals surface area contributed by atoms with Crippen LogP contribution in [-0.4, -0.2) is 112 Å². The lowest BCUT2D eigenvalue weighted by molar-refractivity contribution is -1.07. The molecule has 2 bridgehead atoms. The quantitative estimate of drug-likeness (QED) is 0.172. The zero-order valence-corrected chi connectivity index (χ0v) is 31.1. The molecule has 2 N–H and O–H groups in total. The highest BCUT2D eigenvalue weighted by Crippen LogP contribution is 2.48. The molecule has 0 radical (unpaired) electrons. The Labute approximate surface area is 315 Å². The molecule has 1 unspecified atom stereocenters. The SMILES string of the molecule is C[N+]12CC[N+](CCOc3ccc4sc(S(=O)(=O)NCP(=O)(O)Oc5ccccc5)c(C(F)(F)F)c4c3C#N)(CC1)CC2.O=C([O-])C(F)(F)F.O=C([O-])C(F)(F)F. The Hall–Kier alpha value is -4.18. The van der Waals surface area contributed by atoms with Gasteiger partial charge in [0.1, 0.15) is 98.0 Å². The summed E-state index contributed by atoms with van der Waals surface area (Å²) in [7, 11) is -7.34. The molecule has 6 rings (SSSR count). The predicted molar refractivity (Wildman–Crippen MR) is 172 cm³/mol. The van der Waals surface area contributed by atoms with Crippen LogP contribution in [-0.2, 0) is 30.4 Å². The lowest BCUT2D eigenvalue weighted by Crippen LogP contribution is -2.74. The van der Waals surface area contributed by atoms with Gasteiger partial charge < -0.3 is 42.9 Å². The number of carboxylic acid groups (broad SMARTS) is 2. The molecule has 2 aromatic carbocycles. The van der Waals surface area contributed by atoms with E-state index in [4.69, 9.17) is 29.1 Å². The summed E-state index contributed by atoms with van der Waals surface area (Å²) in [5, 5.41) is 26.9. The molecule has 26 heteroatoms. The van der Waals surface area contributed by atoms with E-state index in [1.54, 1.807) is 16.9 Å². The first kappa shape index (κ1) is 46.2. The van der Waals surface area contributed by atoms with Gasteiger partial charge in [0.25, 0.3) is 10.0 Å². The Balaban J connectivity index is 0.000000512. The lowest BCUT2D eigenvalue weighted by Gasteiger charge is -2.53. The van der Waals surface area contributed by atoms with E-state index >= 15 is 0 Å². The molecule has 3 fully saturated rings. The molecule has 56 heavy (non-hydrogen) atoms. The number of ether oxygens (including phenoxy) is 1. The molecule has 310 valence electrons. The summed E-state index contributed by atoms with van der Waals surface area (Å²) in [6.07, 6.45) is -16.7. The maximum Gasteiger partial charge on any atom is 0.430 e. The average Bonchev–Trinajstić information content (AvgIpc) is 3.50. The van der Waals surface area contributed by atoms with Crippen LogP contribution in [0.5, 0.6) is 11.5 Å². The van der Waals surface area contributed by atoms with Crippen molar-refractivity contribution < 1.29 is 95.4 Å². The number of thiophene rings is 1. The van der Waals surface area contributed by atoms with Crippen LogP contribution in [0.25, 0.3) is 10.1 Å². The Morgan fingerprint density at radius 1 is 0.929 bits per heavy atom. The van der Waals surface area contributed by atoms with Crippen molar-refractivity contribution in [3.05, 3.63) is 53.6 Å². The highest BCUT2D eigenvalue weighted by atomic mass is 32.2. The summed E-state index contributed by atoms with van der Waals surface area (Å²) in [4.78, 5) is 27.7. The molecule has 4 heterocycles. The first-order chi connectivity index (χ1) is 25.5. The third kappa shape index (κ3) is 12.2. The van der Waals surface area contributed by atoms with Crippen molar-refractivity contribution in [3.8, 4) is 17.6 Å². The van der Waals surface area contributed by atoms with Gasteiger partial charge in [-0.2, -0.15) is 49.5 Å². The fourth-order valence-electron chi connectivity index (χ4n) is 5.46. The van der Waals surface area contributed by atoms with Crippen LogP contribution < -0.4 is 24.2 Å². The van der Waals surface area contributed by atoms with Crippen LogP contribution in [0.1, 0.15) is 11.1 Å². The van der Waals surface area contributed by atoms with Gasteiger partial charge in [0.2, 0.25) is 0 Å². The summed E-state index contributed by atoms with van der Waals surface area (Å²) in [5.74, 6) is -6.09. The Kier molecular flexibility index (Phi) is 14.1. The van der Waals surface area contributed by atoms with E-state index in [1.165, 1.54) is 36.4 Å². The largest absolute Gasteiger partial charge is 0.542 e. The van der Waals surface area contributed by atoms with Crippen LogP contribution in [0, 0.1) is 11.3 Å². The molecule has 3 aliphatic rings. The smallest absolute Gasteiger partial charge is 0.430 e. The number of quaternary nitrogens is 2. The van der Waals surface area contributed by atoms with E-state index in [0.717, 1.165) is 48.2 Å². The minimum atomic E-state index is -5.19. The van der Waals surface area contributed by atoms with Gasteiger partial charge in [0.05, 0.1) is 12.6 Å². The zero-order valence-electron chi connectivity index (χ0n) is 28.5. The Bertz CT molecular complexity index is 2060. The van der Waals surface area contributed by atoms with Crippen molar-refractivity contribution >= 4 is 51.0 Å². The van der Waals surface area contributed by atoms with E-state index in [9.17, 15) is 62.7 Å². The van der Waals surface area contributed by atoms with Crippen LogP contribution in [0.3, 0.4) is 0 Å². The topological polar surface area (TPSA) is 206 Å². The number of piperazine rings is 3. The number of alkyl halides is 9. The van der Waals surface area contributed by atoms with Crippen molar-refractivity contribution in [2.45, 2.75) is 22.7 Å². The highest BCUT2D eigenvalue weighted by molar-refractivity contribution is 7.92. The number of carbonyl (C=O) groups excluding carboxylic acids is 2. The van der Waals surface area contributed by atoms with Gasteiger partial charge in [-0.3, -0.25) is 0 Å². The first-order valence-corrected chi connectivity index (χ1v) is 19.6. The standard InChI is InChI=1S/C26H29F3N4O6PS2.2C2HF3O2/c1-32-9-12-33(13-10-32,14-11-32)15-16-38-21-7-8-22-23(20(21)17-30)24(26(27,28)29)25(41-22)42(36,37)31-18-40(34,35)39-19-5-3-2-4-6-19;2*3-2(4,5)1(6)7/h2-8,31H,9-16,18H2,1H3;2*(H,6,7)/q+1;;/p-1. The number of carbonyl (C=O) groups is 2. The molecule has 0 spiro atoms. The van der Waals surface area contributed by atoms with Gasteiger partial charge in [0.15, 0.2) is 0 Å². The fourth-order valence-corrected chi connectivity index (χ4v) is 9.77. The maximum atomic E-state index is 14.4. The zero-order chi connectivity index (χ0) is 42.5. The number of nitrogens with one attached hydrogen (secondary N) is 1. The summed E-state index contributed by atoms with van der Waals surface area (Å²) in [6.45, 7) is 6.94. The summed E-state index contributed by atoms with van der Waals surface area (Å²) < 4.78 is 158. The maximum absolute atomic E-state index is 14.4. The van der Waals surface area contributed by atoms with E-state index in [1.807, 2.05) is 0 Å². The van der Waals surface area contributed by atoms with E-state index < -0.39 is 75.1 Å². The van der Waals surface area contributed by atoms with Gasteiger partial charge >= 0.3 is 26.1 Å². The monoisotopic (exact) mass is 872 g/mol. The van der Waals surface area contributed by atoms with E-state index in [-0.39, 0.29) is 22.8 Å². The van der Waals surface area contributed by atoms with Gasteiger partial charge in [-0.1, -0.05) is 18.2 Å². The second-order valence-electron chi connectivity index (χ2n) is 12.5. The van der Waals surface area contributed by atoms with Gasteiger partial charge in [-0.15, -0.1) is 11.3 Å². The molecule has 0 saturated carbocycles. The van der Waals surface area contributed by atoms with Crippen molar-refractivity contribution in [3.63, 3.8) is 0 Å². The number of nitriles is 1. The molecule has 3 aromatic rings. The van der Waals surface area contributed by atoms with E-state index in [0.29, 0.717) is 17.9 Å². The van der Waals surface area contributed by atoms with Crippen molar-refractivity contribution in [2.24, 2.45) is 0 Å². The number of halogens is 9. The van der Waals surface area contributed by atoms with Crippen molar-refractivity contribution in [1.82, 2.24) is 4.72 Å². The molecular weight excluding hydrogens is 842 g/mol. The van der Waals surface area contributed by atoms with Crippen LogP contribution in [0.2, 0.25) is 0 Å². The second-order valence-corrected chi connectivity index (χ2v) is 17.3. The third-order valence-electron chi connectivity index (χ3n) is 8.50. The molecule has 3 aliphatic heterocycles. The molecule has 1 atom stereocenters. The number of hydrogen-bond donors (Lipinski definition) is 2. The number of carboxylic acids is 2. The number of hydrogen-bond acceptors (Lipinski definition) is 11. The van der Waals surface area contributed by atoms with Crippen molar-refractivity contribution in [2.75, 3.05) is 65.8 Å².